The van der Waals surface area contributed by atoms with Crippen molar-refractivity contribution >= 4 is 24.0 Å². The van der Waals surface area contributed by atoms with Crippen LogP contribution in [0.1, 0.15) is 33.1 Å². The smallest absolute Gasteiger partial charge is 0.407 e. The van der Waals surface area contributed by atoms with Gasteiger partial charge in [0.15, 0.2) is 0 Å². The third-order valence-electron chi connectivity index (χ3n) is 2.89. The van der Waals surface area contributed by atoms with Gasteiger partial charge in [0.05, 0.1) is 13.2 Å². The molecule has 0 heterocycles. The number of amides is 1. The first-order chi connectivity index (χ1) is 12.7. The standard InChI is InChI=1S/C18H27NO8/c1-13(2)16(21)25-10-8-19-18(23)27-9-6-5-7-15(20)24-11-12-26-17(22)14(3)4/h1,3,5-12H2,2,4H3,(H,19,23). The van der Waals surface area contributed by atoms with E-state index in [0.717, 1.165) is 0 Å². The van der Waals surface area contributed by atoms with E-state index in [4.69, 9.17) is 18.9 Å². The largest absolute Gasteiger partial charge is 0.462 e. The van der Waals surface area contributed by atoms with Gasteiger partial charge in [-0.3, -0.25) is 4.79 Å². The van der Waals surface area contributed by atoms with Crippen LogP contribution in [-0.4, -0.2) is 57.0 Å². The molecule has 152 valence electrons. The molecule has 0 saturated heterocycles. The molecule has 0 fully saturated rings. The SMILES string of the molecule is C=C(C)C(=O)OCCNC(=O)OCCCCC(=O)OCCOC(=O)C(=C)C. The van der Waals surface area contributed by atoms with Gasteiger partial charge in [-0.2, -0.15) is 0 Å². The van der Waals surface area contributed by atoms with E-state index in [0.29, 0.717) is 12.8 Å². The van der Waals surface area contributed by atoms with E-state index in [1.807, 2.05) is 0 Å². The predicted molar refractivity (Wildman–Crippen MR) is 95.7 cm³/mol. The fraction of sp³-hybridized carbons (Fsp3) is 0.556. The molecule has 1 amide bonds. The Bertz CT molecular complexity index is 508. The molecule has 0 aromatic carbocycles. The Balaban J connectivity index is 3.53. The normalized spacial score (nSPS) is 9.70. The minimum atomic E-state index is -0.636. The van der Waals surface area contributed by atoms with Crippen LogP contribution in [0.15, 0.2) is 24.3 Å². The van der Waals surface area contributed by atoms with Crippen LogP contribution in [0.25, 0.3) is 0 Å². The Labute approximate surface area is 158 Å². The van der Waals surface area contributed by atoms with Crippen molar-refractivity contribution in [3.05, 3.63) is 24.3 Å². The topological polar surface area (TPSA) is 117 Å². The zero-order valence-corrected chi connectivity index (χ0v) is 15.8. The molecule has 0 radical (unpaired) electrons. The van der Waals surface area contributed by atoms with Crippen molar-refractivity contribution in [3.8, 4) is 0 Å². The highest BCUT2D eigenvalue weighted by Crippen LogP contribution is 1.99. The molecular weight excluding hydrogens is 358 g/mol. The van der Waals surface area contributed by atoms with E-state index in [1.165, 1.54) is 13.8 Å². The summed E-state index contributed by atoms with van der Waals surface area (Å²) in [4.78, 5) is 45.0. The molecule has 0 aliphatic rings. The second-order valence-corrected chi connectivity index (χ2v) is 5.57. The average molecular weight is 385 g/mol. The Hall–Kier alpha value is -2.84. The zero-order valence-electron chi connectivity index (χ0n) is 15.8. The maximum atomic E-state index is 11.4. The highest BCUT2D eigenvalue weighted by molar-refractivity contribution is 5.87. The van der Waals surface area contributed by atoms with E-state index in [2.05, 4.69) is 18.5 Å². The Kier molecular flexibility index (Phi) is 12.8. The highest BCUT2D eigenvalue weighted by Gasteiger charge is 2.07. The summed E-state index contributed by atoms with van der Waals surface area (Å²) >= 11 is 0. The lowest BCUT2D eigenvalue weighted by Gasteiger charge is -2.08. The maximum Gasteiger partial charge on any atom is 0.407 e. The molecule has 0 bridgehead atoms. The Morgan fingerprint density at radius 3 is 1.89 bits per heavy atom. The van der Waals surface area contributed by atoms with Crippen LogP contribution in [0, 0.1) is 0 Å². The van der Waals surface area contributed by atoms with Crippen molar-refractivity contribution in [2.45, 2.75) is 33.1 Å². The zero-order chi connectivity index (χ0) is 20.7. The van der Waals surface area contributed by atoms with Crippen molar-refractivity contribution < 1.29 is 38.1 Å². The molecule has 0 aromatic heterocycles. The fourth-order valence-corrected chi connectivity index (χ4v) is 1.49. The molecule has 27 heavy (non-hydrogen) atoms. The lowest BCUT2D eigenvalue weighted by molar-refractivity contribution is -0.150. The summed E-state index contributed by atoms with van der Waals surface area (Å²) in [5.74, 6) is -1.48. The average Bonchev–Trinajstić information content (AvgIpc) is 2.61. The molecule has 0 aliphatic heterocycles. The third kappa shape index (κ3) is 14.1. The molecule has 0 aliphatic carbocycles. The van der Waals surface area contributed by atoms with Crippen molar-refractivity contribution in [1.29, 1.82) is 0 Å². The number of unbranched alkanes of at least 4 members (excludes halogenated alkanes) is 1. The lowest BCUT2D eigenvalue weighted by atomic mass is 10.2. The number of hydrogen-bond acceptors (Lipinski definition) is 8. The summed E-state index contributed by atoms with van der Waals surface area (Å²) < 4.78 is 19.4. The molecule has 9 heteroatoms. The first-order valence-corrected chi connectivity index (χ1v) is 8.45. The van der Waals surface area contributed by atoms with Crippen molar-refractivity contribution in [1.82, 2.24) is 5.32 Å². The number of carbonyl (C=O) groups is 4. The first kappa shape index (κ1) is 24.2. The van der Waals surface area contributed by atoms with Crippen LogP contribution in [0.2, 0.25) is 0 Å². The quantitative estimate of drug-likeness (QED) is 0.220. The van der Waals surface area contributed by atoms with Crippen LogP contribution in [0.3, 0.4) is 0 Å². The number of hydrogen-bond donors (Lipinski definition) is 1. The van der Waals surface area contributed by atoms with Gasteiger partial charge in [0.1, 0.15) is 19.8 Å². The van der Waals surface area contributed by atoms with E-state index in [-0.39, 0.29) is 50.5 Å². The predicted octanol–water partition coefficient (Wildman–Crippen LogP) is 1.66. The summed E-state index contributed by atoms with van der Waals surface area (Å²) in [6.45, 7) is 10.1. The molecular formula is C18H27NO8. The van der Waals surface area contributed by atoms with E-state index < -0.39 is 24.0 Å². The molecule has 1 N–H and O–H groups in total. The van der Waals surface area contributed by atoms with Gasteiger partial charge < -0.3 is 24.3 Å². The van der Waals surface area contributed by atoms with Crippen molar-refractivity contribution in [2.75, 3.05) is 33.0 Å². The molecule has 0 atom stereocenters. The number of nitrogens with one attached hydrogen (secondary N) is 1. The minimum absolute atomic E-state index is 0.0211. The molecule has 9 nitrogen and oxygen atoms in total. The highest BCUT2D eigenvalue weighted by atomic mass is 16.6. The van der Waals surface area contributed by atoms with Gasteiger partial charge >= 0.3 is 24.0 Å². The Morgan fingerprint density at radius 1 is 0.741 bits per heavy atom. The Morgan fingerprint density at radius 2 is 1.30 bits per heavy atom. The summed E-state index contributed by atoms with van der Waals surface area (Å²) in [7, 11) is 0. The molecule has 0 saturated carbocycles. The monoisotopic (exact) mass is 385 g/mol. The number of alkyl carbamates (subject to hydrolysis) is 1. The molecule has 0 rings (SSSR count). The maximum absolute atomic E-state index is 11.4. The second kappa shape index (κ2) is 14.3. The lowest BCUT2D eigenvalue weighted by Crippen LogP contribution is -2.29. The number of esters is 3. The molecule has 0 unspecified atom stereocenters. The van der Waals surface area contributed by atoms with E-state index >= 15 is 0 Å². The van der Waals surface area contributed by atoms with Gasteiger partial charge in [0, 0.05) is 17.6 Å². The van der Waals surface area contributed by atoms with Crippen LogP contribution in [-0.2, 0) is 33.3 Å². The van der Waals surface area contributed by atoms with Crippen molar-refractivity contribution in [3.63, 3.8) is 0 Å². The van der Waals surface area contributed by atoms with Gasteiger partial charge in [-0.1, -0.05) is 13.2 Å². The fourth-order valence-electron chi connectivity index (χ4n) is 1.49. The van der Waals surface area contributed by atoms with Crippen LogP contribution >= 0.6 is 0 Å². The number of ether oxygens (including phenoxy) is 4. The van der Waals surface area contributed by atoms with Crippen LogP contribution in [0.5, 0.6) is 0 Å². The minimum Gasteiger partial charge on any atom is -0.462 e. The van der Waals surface area contributed by atoms with Crippen LogP contribution in [0.4, 0.5) is 4.79 Å². The van der Waals surface area contributed by atoms with Crippen LogP contribution < -0.4 is 5.32 Å². The number of rotatable bonds is 13. The van der Waals surface area contributed by atoms with Crippen molar-refractivity contribution in [2.24, 2.45) is 0 Å². The molecule has 0 spiro atoms. The summed E-state index contributed by atoms with van der Waals surface area (Å²) in [5.41, 5.74) is 0.558. The third-order valence-corrected chi connectivity index (χ3v) is 2.89. The summed E-state index contributed by atoms with van der Waals surface area (Å²) in [5, 5.41) is 2.42. The van der Waals surface area contributed by atoms with Gasteiger partial charge in [-0.15, -0.1) is 0 Å². The second-order valence-electron chi connectivity index (χ2n) is 5.57. The summed E-state index contributed by atoms with van der Waals surface area (Å²) in [6, 6.07) is 0. The van der Waals surface area contributed by atoms with Gasteiger partial charge in [-0.05, 0) is 26.7 Å². The van der Waals surface area contributed by atoms with Gasteiger partial charge in [-0.25, -0.2) is 14.4 Å². The van der Waals surface area contributed by atoms with E-state index in [1.54, 1.807) is 0 Å². The molecule has 0 aromatic rings. The number of carbonyl (C=O) groups excluding carboxylic acids is 4. The summed E-state index contributed by atoms with van der Waals surface area (Å²) in [6.07, 6.45) is 0.491. The van der Waals surface area contributed by atoms with E-state index in [9.17, 15) is 19.2 Å². The first-order valence-electron chi connectivity index (χ1n) is 8.45. The van der Waals surface area contributed by atoms with Gasteiger partial charge in [0.2, 0.25) is 0 Å². The van der Waals surface area contributed by atoms with Gasteiger partial charge in [0.25, 0.3) is 0 Å².